The molecule has 0 bridgehead atoms. The van der Waals surface area contributed by atoms with Gasteiger partial charge in [0.2, 0.25) is 0 Å². The third-order valence-corrected chi connectivity index (χ3v) is 0. The van der Waals surface area contributed by atoms with Crippen LogP contribution in [0, 0.1) is 0 Å². The maximum absolute atomic E-state index is 8.12. The van der Waals surface area contributed by atoms with Crippen LogP contribution in [0.15, 0.2) is 0 Å². The summed E-state index contributed by atoms with van der Waals surface area (Å²) in [6.07, 6.45) is 0.250. The first-order valence-electron chi connectivity index (χ1n) is 0.408. The summed E-state index contributed by atoms with van der Waals surface area (Å²) in [6, 6.07) is 0. The van der Waals surface area contributed by atoms with Crippen LogP contribution in [0.5, 0.6) is 0 Å². The molecule has 0 heterocycles. The molecule has 0 rings (SSSR count). The van der Waals surface area contributed by atoms with E-state index >= 15 is 0 Å². The van der Waals surface area contributed by atoms with Crippen molar-refractivity contribution in [3.05, 3.63) is 0 Å². The summed E-state index contributed by atoms with van der Waals surface area (Å²) >= 11 is 0. The minimum atomic E-state index is 0. The van der Waals surface area contributed by atoms with Crippen LogP contribution in [-0.2, 0) is 32.0 Å². The third kappa shape index (κ3) is 184. The van der Waals surface area contributed by atoms with E-state index in [1.165, 1.54) is 0 Å². The smallest absolute Gasteiger partial charge is 0.186 e. The monoisotopic (exact) mass is 241 g/mol. The van der Waals surface area contributed by atoms with Crippen LogP contribution in [0.25, 0.3) is 0 Å². The largest absolute Gasteiger partial charge is 0.373 e. The summed E-state index contributed by atoms with van der Waals surface area (Å²) < 4.78 is 0. The first-order chi connectivity index (χ1) is 1.41. The van der Waals surface area contributed by atoms with E-state index in [-0.39, 0.29) is 28.5 Å². The Hall–Kier alpha value is 0.120. The number of rotatable bonds is 0. The van der Waals surface area contributed by atoms with Gasteiger partial charge in [-0.3, -0.25) is 0 Å². The summed E-state index contributed by atoms with van der Waals surface area (Å²) in [5, 5.41) is 0. The Morgan fingerprint density at radius 1 is 1.25 bits per heavy atom. The Morgan fingerprint density at radius 3 is 1.25 bits per heavy atom. The predicted molar refractivity (Wildman–Crippen MR) is 5.01 cm³/mol. The van der Waals surface area contributed by atoms with Crippen LogP contribution >= 0.6 is 0 Å². The summed E-state index contributed by atoms with van der Waals surface area (Å²) in [5.74, 6) is 0. The van der Waals surface area contributed by atoms with Gasteiger partial charge in [0.1, 0.15) is 0 Å². The molecule has 2 nitrogen and oxygen atoms in total. The predicted octanol–water partition coefficient (Wildman–Crippen LogP) is -0.586. The van der Waals surface area contributed by atoms with Gasteiger partial charge >= 0.3 is 6.15 Å². The molecule has 4 heavy (non-hydrogen) atoms. The van der Waals surface area contributed by atoms with Gasteiger partial charge in [-0.15, -0.1) is 0 Å². The van der Waals surface area contributed by atoms with Gasteiger partial charge < -0.3 is 0 Å². The zero-order chi connectivity index (χ0) is 2.71. The molecule has 27 valence electrons. The second kappa shape index (κ2) is 11.2. The fourth-order valence-corrected chi connectivity index (χ4v) is 0. The van der Waals surface area contributed by atoms with Gasteiger partial charge in [-0.2, -0.15) is 9.59 Å². The van der Waals surface area contributed by atoms with Crippen LogP contribution in [0.2, 0.25) is 0 Å². The average Bonchev–Trinajstić information content (AvgIpc) is 0.918. The van der Waals surface area contributed by atoms with Crippen molar-refractivity contribution < 1.29 is 32.0 Å². The van der Waals surface area contributed by atoms with Crippen molar-refractivity contribution in [1.82, 2.24) is 0 Å². The minimum Gasteiger partial charge on any atom is -0.186 e. The number of hydrogen-bond acceptors (Lipinski definition) is 2. The summed E-state index contributed by atoms with van der Waals surface area (Å²) in [4.78, 5) is 16.2. The molecule has 3 heteroatoms. The maximum atomic E-state index is 8.12. The molecule has 0 unspecified atom stereocenters. The van der Waals surface area contributed by atoms with E-state index in [2.05, 4.69) is 0 Å². The van der Waals surface area contributed by atoms with E-state index in [9.17, 15) is 0 Å². The quantitative estimate of drug-likeness (QED) is 0.531. The number of carbonyl (C=O) groups excluding carboxylic acids is 2. The molecule has 0 aromatic heterocycles. The Kier molecular flexibility index (Phi) is 24.9. The van der Waals surface area contributed by atoms with Crippen molar-refractivity contribution in [3.63, 3.8) is 0 Å². The average molecular weight is 241 g/mol. The van der Waals surface area contributed by atoms with Crippen molar-refractivity contribution in [2.75, 3.05) is 0 Å². The molecule has 0 saturated carbocycles. The first kappa shape index (κ1) is 8.92. The maximum Gasteiger partial charge on any atom is 0.373 e. The molecule has 0 atom stereocenters. The van der Waals surface area contributed by atoms with E-state index in [0.29, 0.717) is 0 Å². The van der Waals surface area contributed by atoms with Crippen LogP contribution in [-0.4, -0.2) is 6.15 Å². The Labute approximate surface area is 38.7 Å². The summed E-state index contributed by atoms with van der Waals surface area (Å²) in [6.45, 7) is 0. The number of hydrogen-bond donors (Lipinski definition) is 0. The van der Waals surface area contributed by atoms with Gasteiger partial charge in [-0.05, 0) is 0 Å². The van der Waals surface area contributed by atoms with Crippen LogP contribution in [0.1, 0.15) is 0 Å². The third-order valence-electron chi connectivity index (χ3n) is 0. The van der Waals surface area contributed by atoms with E-state index in [0.717, 1.165) is 0 Å². The molecule has 0 saturated heterocycles. The molecule has 0 aliphatic rings. The molecule has 0 fully saturated rings. The fourth-order valence-electron chi connectivity index (χ4n) is 0. The second-order valence-corrected chi connectivity index (χ2v) is 0.0833. The normalized spacial score (nSPS) is 2.00. The molecule has 0 aromatic carbocycles. The van der Waals surface area contributed by atoms with E-state index in [1.807, 2.05) is 0 Å². The SMILES string of the molecule is O=C=O.[Au]. The van der Waals surface area contributed by atoms with E-state index in [4.69, 9.17) is 9.59 Å². The van der Waals surface area contributed by atoms with Gasteiger partial charge in [-0.25, -0.2) is 0 Å². The zero-order valence-electron chi connectivity index (χ0n) is 1.62. The Morgan fingerprint density at radius 2 is 1.25 bits per heavy atom. The van der Waals surface area contributed by atoms with Crippen molar-refractivity contribution >= 4 is 6.15 Å². The van der Waals surface area contributed by atoms with Gasteiger partial charge in [0.05, 0.1) is 0 Å². The molecule has 0 aliphatic heterocycles. The van der Waals surface area contributed by atoms with E-state index in [1.54, 1.807) is 0 Å². The summed E-state index contributed by atoms with van der Waals surface area (Å²) in [5.41, 5.74) is 0. The van der Waals surface area contributed by atoms with Crippen LogP contribution < -0.4 is 0 Å². The molecule has 0 spiro atoms. The van der Waals surface area contributed by atoms with Crippen LogP contribution in [0.4, 0.5) is 0 Å². The molecular formula is CAuO2. The van der Waals surface area contributed by atoms with Crippen LogP contribution in [0.3, 0.4) is 0 Å². The van der Waals surface area contributed by atoms with Crippen molar-refractivity contribution in [2.45, 2.75) is 0 Å². The fraction of sp³-hybridized carbons (Fsp3) is 0. The first-order valence-corrected chi connectivity index (χ1v) is 0.408. The second-order valence-electron chi connectivity index (χ2n) is 0.0833. The standard InChI is InChI=1S/CO2.Au/c2-1-3;. The van der Waals surface area contributed by atoms with Gasteiger partial charge in [0, 0.05) is 22.4 Å². The van der Waals surface area contributed by atoms with Gasteiger partial charge in [0.15, 0.2) is 0 Å². The Balaban J connectivity index is 0. The summed E-state index contributed by atoms with van der Waals surface area (Å²) in [7, 11) is 0. The molecule has 1 radical (unpaired) electrons. The van der Waals surface area contributed by atoms with Gasteiger partial charge in [-0.1, -0.05) is 0 Å². The Bertz CT molecular complexity index is 27.0. The molecular weight excluding hydrogens is 241 g/mol. The minimum absolute atomic E-state index is 0. The molecule has 0 aliphatic carbocycles. The van der Waals surface area contributed by atoms with Gasteiger partial charge in [0.25, 0.3) is 0 Å². The van der Waals surface area contributed by atoms with Crippen molar-refractivity contribution in [2.24, 2.45) is 0 Å². The molecule has 0 amide bonds. The van der Waals surface area contributed by atoms with Crippen molar-refractivity contribution in [1.29, 1.82) is 0 Å². The van der Waals surface area contributed by atoms with Crippen molar-refractivity contribution in [3.8, 4) is 0 Å². The topological polar surface area (TPSA) is 34.1 Å². The van der Waals surface area contributed by atoms with E-state index < -0.39 is 0 Å². The molecule has 0 aromatic rings. The zero-order valence-corrected chi connectivity index (χ0v) is 3.78. The molecule has 0 N–H and O–H groups in total.